The van der Waals surface area contributed by atoms with E-state index < -0.39 is 0 Å². The number of hydrogen-bond acceptors (Lipinski definition) is 2. The lowest BCUT2D eigenvalue weighted by molar-refractivity contribution is -0.0798. The van der Waals surface area contributed by atoms with Gasteiger partial charge in [-0.1, -0.05) is 39.8 Å². The second-order valence-corrected chi connectivity index (χ2v) is 7.08. The molecule has 1 saturated carbocycles. The fourth-order valence-corrected chi connectivity index (χ4v) is 2.73. The molecule has 1 fully saturated rings. The lowest BCUT2D eigenvalue weighted by Gasteiger charge is -2.40. The van der Waals surface area contributed by atoms with Crippen LogP contribution in [0.5, 0.6) is 5.75 Å². The Morgan fingerprint density at radius 1 is 1.30 bits per heavy atom. The summed E-state index contributed by atoms with van der Waals surface area (Å²) in [5.74, 6) is 0.913. The van der Waals surface area contributed by atoms with Crippen molar-refractivity contribution in [3.05, 3.63) is 29.8 Å². The van der Waals surface area contributed by atoms with Gasteiger partial charge in [0.05, 0.1) is 5.38 Å². The molecular weight excluding hydrogens is 272 g/mol. The molecule has 0 heterocycles. The molecule has 3 heteroatoms. The van der Waals surface area contributed by atoms with Crippen LogP contribution in [-0.2, 0) is 10.2 Å². The number of hydrogen-bond donors (Lipinski definition) is 0. The molecule has 0 saturated heterocycles. The van der Waals surface area contributed by atoms with Crippen molar-refractivity contribution in [1.82, 2.24) is 0 Å². The SMILES string of the molecule is CCCOC1C(Cl)CC1Oc1cccc(C(C)(C)C)c1. The van der Waals surface area contributed by atoms with E-state index in [0.29, 0.717) is 0 Å². The highest BCUT2D eigenvalue weighted by atomic mass is 35.5. The maximum Gasteiger partial charge on any atom is 0.128 e. The van der Waals surface area contributed by atoms with Gasteiger partial charge in [0.1, 0.15) is 18.0 Å². The molecule has 0 aliphatic heterocycles. The molecule has 1 aromatic carbocycles. The Labute approximate surface area is 127 Å². The van der Waals surface area contributed by atoms with Crippen LogP contribution in [0.4, 0.5) is 0 Å². The van der Waals surface area contributed by atoms with Gasteiger partial charge in [0.15, 0.2) is 0 Å². The third-order valence-electron chi connectivity index (χ3n) is 3.68. The van der Waals surface area contributed by atoms with Crippen molar-refractivity contribution < 1.29 is 9.47 Å². The van der Waals surface area contributed by atoms with Gasteiger partial charge in [-0.2, -0.15) is 0 Å². The zero-order chi connectivity index (χ0) is 14.8. The molecule has 0 amide bonds. The van der Waals surface area contributed by atoms with Crippen LogP contribution >= 0.6 is 11.6 Å². The molecule has 1 aliphatic carbocycles. The minimum Gasteiger partial charge on any atom is -0.488 e. The summed E-state index contributed by atoms with van der Waals surface area (Å²) in [6, 6.07) is 8.32. The Bertz CT molecular complexity index is 439. The van der Waals surface area contributed by atoms with E-state index in [4.69, 9.17) is 21.1 Å². The summed E-state index contributed by atoms with van der Waals surface area (Å²) in [7, 11) is 0. The summed E-state index contributed by atoms with van der Waals surface area (Å²) in [6.45, 7) is 9.46. The Hall–Kier alpha value is -0.730. The molecule has 0 spiro atoms. The molecule has 3 atom stereocenters. The zero-order valence-electron chi connectivity index (χ0n) is 12.9. The molecule has 1 aliphatic rings. The number of benzene rings is 1. The van der Waals surface area contributed by atoms with Crippen molar-refractivity contribution >= 4 is 11.6 Å². The van der Waals surface area contributed by atoms with Crippen LogP contribution in [0.2, 0.25) is 0 Å². The molecular formula is C17H25ClO2. The van der Waals surface area contributed by atoms with E-state index in [-0.39, 0.29) is 23.0 Å². The number of rotatable bonds is 5. The van der Waals surface area contributed by atoms with Gasteiger partial charge in [-0.15, -0.1) is 11.6 Å². The van der Waals surface area contributed by atoms with Crippen LogP contribution in [0.1, 0.15) is 46.1 Å². The molecule has 20 heavy (non-hydrogen) atoms. The smallest absolute Gasteiger partial charge is 0.128 e. The van der Waals surface area contributed by atoms with Gasteiger partial charge in [-0.05, 0) is 29.5 Å². The number of alkyl halides is 1. The monoisotopic (exact) mass is 296 g/mol. The zero-order valence-corrected chi connectivity index (χ0v) is 13.6. The Morgan fingerprint density at radius 3 is 2.65 bits per heavy atom. The first-order valence-electron chi connectivity index (χ1n) is 7.44. The van der Waals surface area contributed by atoms with Crippen LogP contribution in [0.3, 0.4) is 0 Å². The van der Waals surface area contributed by atoms with Crippen molar-refractivity contribution in [1.29, 1.82) is 0 Å². The topological polar surface area (TPSA) is 18.5 Å². The molecule has 2 rings (SSSR count). The average molecular weight is 297 g/mol. The highest BCUT2D eigenvalue weighted by Crippen LogP contribution is 2.34. The molecule has 1 aromatic rings. The Morgan fingerprint density at radius 2 is 2.05 bits per heavy atom. The molecule has 0 bridgehead atoms. The molecule has 0 N–H and O–H groups in total. The quantitative estimate of drug-likeness (QED) is 0.743. The van der Waals surface area contributed by atoms with Crippen LogP contribution in [-0.4, -0.2) is 24.2 Å². The van der Waals surface area contributed by atoms with Gasteiger partial charge in [-0.3, -0.25) is 0 Å². The summed E-state index contributed by atoms with van der Waals surface area (Å²) in [4.78, 5) is 0. The van der Waals surface area contributed by atoms with E-state index in [1.54, 1.807) is 0 Å². The highest BCUT2D eigenvalue weighted by molar-refractivity contribution is 6.21. The normalized spacial score (nSPS) is 26.1. The minimum atomic E-state index is 0.0231. The maximum atomic E-state index is 6.21. The summed E-state index contributed by atoms with van der Waals surface area (Å²) >= 11 is 6.21. The van der Waals surface area contributed by atoms with Gasteiger partial charge >= 0.3 is 0 Å². The second-order valence-electron chi connectivity index (χ2n) is 6.52. The fourth-order valence-electron chi connectivity index (χ4n) is 2.32. The van der Waals surface area contributed by atoms with Gasteiger partial charge in [0, 0.05) is 13.0 Å². The van der Waals surface area contributed by atoms with E-state index in [9.17, 15) is 0 Å². The lowest BCUT2D eigenvalue weighted by atomic mass is 9.87. The summed E-state index contributed by atoms with van der Waals surface area (Å²) in [6.07, 6.45) is 1.97. The Kier molecular flexibility index (Phi) is 4.98. The maximum absolute atomic E-state index is 6.21. The number of ether oxygens (including phenoxy) is 2. The van der Waals surface area contributed by atoms with Gasteiger partial charge in [0.2, 0.25) is 0 Å². The predicted molar refractivity (Wildman–Crippen MR) is 83.8 cm³/mol. The fraction of sp³-hybridized carbons (Fsp3) is 0.647. The third-order valence-corrected chi connectivity index (χ3v) is 4.11. The largest absolute Gasteiger partial charge is 0.488 e. The molecule has 0 radical (unpaired) electrons. The predicted octanol–water partition coefficient (Wildman–Crippen LogP) is 4.54. The Balaban J connectivity index is 2.00. The first kappa shape index (κ1) is 15.7. The van der Waals surface area contributed by atoms with Gasteiger partial charge in [0.25, 0.3) is 0 Å². The van der Waals surface area contributed by atoms with Crippen molar-refractivity contribution in [2.24, 2.45) is 0 Å². The summed E-state index contributed by atoms with van der Waals surface area (Å²) < 4.78 is 11.8. The average Bonchev–Trinajstić information content (AvgIpc) is 2.38. The lowest BCUT2D eigenvalue weighted by Crippen LogP contribution is -2.52. The number of halogens is 1. The standard InChI is InChI=1S/C17H25ClO2/c1-5-9-19-16-14(18)11-15(16)20-13-8-6-7-12(10-13)17(2,3)4/h6-8,10,14-16H,5,9,11H2,1-4H3. The van der Waals surface area contributed by atoms with Crippen LogP contribution in [0.15, 0.2) is 24.3 Å². The van der Waals surface area contributed by atoms with Gasteiger partial charge in [-0.25, -0.2) is 0 Å². The van der Waals surface area contributed by atoms with E-state index in [0.717, 1.165) is 25.2 Å². The van der Waals surface area contributed by atoms with E-state index in [1.807, 2.05) is 6.07 Å². The van der Waals surface area contributed by atoms with E-state index >= 15 is 0 Å². The van der Waals surface area contributed by atoms with Gasteiger partial charge < -0.3 is 9.47 Å². The van der Waals surface area contributed by atoms with Crippen LogP contribution < -0.4 is 4.74 Å². The van der Waals surface area contributed by atoms with Crippen molar-refractivity contribution in [2.75, 3.05) is 6.61 Å². The van der Waals surface area contributed by atoms with E-state index in [1.165, 1.54) is 5.56 Å². The van der Waals surface area contributed by atoms with Crippen molar-refractivity contribution in [2.45, 2.75) is 63.5 Å². The minimum absolute atomic E-state index is 0.0231. The van der Waals surface area contributed by atoms with Crippen molar-refractivity contribution in [3.63, 3.8) is 0 Å². The second kappa shape index (κ2) is 6.36. The molecule has 2 nitrogen and oxygen atoms in total. The van der Waals surface area contributed by atoms with Crippen LogP contribution in [0.25, 0.3) is 0 Å². The summed E-state index contributed by atoms with van der Waals surface area (Å²) in [5.41, 5.74) is 1.41. The first-order chi connectivity index (χ1) is 9.41. The molecule has 3 unspecified atom stereocenters. The highest BCUT2D eigenvalue weighted by Gasteiger charge is 2.42. The molecule has 0 aromatic heterocycles. The van der Waals surface area contributed by atoms with E-state index in [2.05, 4.69) is 45.9 Å². The van der Waals surface area contributed by atoms with Crippen molar-refractivity contribution in [3.8, 4) is 5.75 Å². The molecule has 112 valence electrons. The summed E-state index contributed by atoms with van der Waals surface area (Å²) in [5, 5.41) is 0.0809. The first-order valence-corrected chi connectivity index (χ1v) is 7.88. The van der Waals surface area contributed by atoms with Crippen LogP contribution in [0, 0.1) is 0 Å². The third kappa shape index (κ3) is 3.67.